The molecule has 0 radical (unpaired) electrons. The van der Waals surface area contributed by atoms with Crippen molar-refractivity contribution in [3.05, 3.63) is 29.8 Å². The lowest BCUT2D eigenvalue weighted by Gasteiger charge is -2.30. The van der Waals surface area contributed by atoms with Crippen LogP contribution >= 0.6 is 0 Å². The van der Waals surface area contributed by atoms with Crippen molar-refractivity contribution in [2.75, 3.05) is 13.1 Å². The number of ether oxygens (including phenoxy) is 1. The van der Waals surface area contributed by atoms with Gasteiger partial charge >= 0.3 is 12.0 Å². The standard InChI is InChI=1S/C18H24N2O4/c21-17(22)13-8-10-20(11-9-13)18(23)19-12-14-4-1-2-7-16(14)24-15-5-3-6-15/h1-2,4,7,13,15H,3,5-6,8-12H2,(H,19,23)(H,21,22). The van der Waals surface area contributed by atoms with Crippen molar-refractivity contribution < 1.29 is 19.4 Å². The second-order valence-corrected chi connectivity index (χ2v) is 6.54. The Morgan fingerprint density at radius 2 is 1.88 bits per heavy atom. The highest BCUT2D eigenvalue weighted by atomic mass is 16.5. The molecule has 1 aromatic rings. The maximum Gasteiger partial charge on any atom is 0.317 e. The lowest BCUT2D eigenvalue weighted by Crippen LogP contribution is -2.45. The molecule has 0 spiro atoms. The number of benzene rings is 1. The SMILES string of the molecule is O=C(O)C1CCN(C(=O)NCc2ccccc2OC2CCC2)CC1. The smallest absolute Gasteiger partial charge is 0.317 e. The van der Waals surface area contributed by atoms with Crippen molar-refractivity contribution in [2.24, 2.45) is 5.92 Å². The molecule has 1 aliphatic heterocycles. The molecule has 3 rings (SSSR count). The van der Waals surface area contributed by atoms with Gasteiger partial charge in [0.1, 0.15) is 5.75 Å². The molecule has 6 heteroatoms. The Morgan fingerprint density at radius 3 is 2.50 bits per heavy atom. The summed E-state index contributed by atoms with van der Waals surface area (Å²) in [4.78, 5) is 24.9. The molecule has 130 valence electrons. The maximum absolute atomic E-state index is 12.3. The number of hydrogen-bond acceptors (Lipinski definition) is 3. The van der Waals surface area contributed by atoms with E-state index in [0.29, 0.717) is 38.6 Å². The fourth-order valence-electron chi connectivity index (χ4n) is 3.05. The van der Waals surface area contributed by atoms with Crippen molar-refractivity contribution in [3.63, 3.8) is 0 Å². The van der Waals surface area contributed by atoms with Gasteiger partial charge in [0.25, 0.3) is 0 Å². The fourth-order valence-corrected chi connectivity index (χ4v) is 3.05. The van der Waals surface area contributed by atoms with Gasteiger partial charge in [-0.05, 0) is 38.2 Å². The van der Waals surface area contributed by atoms with Crippen LogP contribution in [0.2, 0.25) is 0 Å². The van der Waals surface area contributed by atoms with Gasteiger partial charge in [-0.15, -0.1) is 0 Å². The molecule has 24 heavy (non-hydrogen) atoms. The van der Waals surface area contributed by atoms with Gasteiger partial charge < -0.3 is 20.1 Å². The van der Waals surface area contributed by atoms with Crippen LogP contribution in [0.15, 0.2) is 24.3 Å². The van der Waals surface area contributed by atoms with Crippen molar-refractivity contribution in [2.45, 2.75) is 44.8 Å². The Morgan fingerprint density at radius 1 is 1.17 bits per heavy atom. The summed E-state index contributed by atoms with van der Waals surface area (Å²) in [6.07, 6.45) is 4.75. The summed E-state index contributed by atoms with van der Waals surface area (Å²) in [6, 6.07) is 7.64. The molecule has 2 amide bonds. The largest absolute Gasteiger partial charge is 0.490 e. The van der Waals surface area contributed by atoms with Crippen molar-refractivity contribution in [1.82, 2.24) is 10.2 Å². The first kappa shape index (κ1) is 16.6. The predicted molar refractivity (Wildman–Crippen MR) is 88.9 cm³/mol. The molecule has 0 unspecified atom stereocenters. The second-order valence-electron chi connectivity index (χ2n) is 6.54. The van der Waals surface area contributed by atoms with Crippen LogP contribution in [-0.4, -0.2) is 41.2 Å². The van der Waals surface area contributed by atoms with Gasteiger partial charge in [0, 0.05) is 25.2 Å². The minimum Gasteiger partial charge on any atom is -0.490 e. The molecular formula is C18H24N2O4. The molecule has 1 aromatic carbocycles. The van der Waals surface area contributed by atoms with E-state index in [1.165, 1.54) is 6.42 Å². The average Bonchev–Trinajstić information content (AvgIpc) is 2.57. The number of hydrogen-bond donors (Lipinski definition) is 2. The van der Waals surface area contributed by atoms with Crippen LogP contribution in [0.4, 0.5) is 4.79 Å². The summed E-state index contributed by atoms with van der Waals surface area (Å²) in [5.74, 6) is -0.255. The molecule has 6 nitrogen and oxygen atoms in total. The molecule has 0 bridgehead atoms. The van der Waals surface area contributed by atoms with E-state index < -0.39 is 5.97 Å². The lowest BCUT2D eigenvalue weighted by atomic mass is 9.96. The molecule has 0 atom stereocenters. The summed E-state index contributed by atoms with van der Waals surface area (Å²) in [7, 11) is 0. The monoisotopic (exact) mass is 332 g/mol. The topological polar surface area (TPSA) is 78.9 Å². The van der Waals surface area contributed by atoms with Gasteiger partial charge in [-0.25, -0.2) is 4.79 Å². The summed E-state index contributed by atoms with van der Waals surface area (Å²) >= 11 is 0. The fraction of sp³-hybridized carbons (Fsp3) is 0.556. The van der Waals surface area contributed by atoms with E-state index in [9.17, 15) is 9.59 Å². The van der Waals surface area contributed by atoms with Gasteiger partial charge in [-0.1, -0.05) is 18.2 Å². The Labute approximate surface area is 141 Å². The van der Waals surface area contributed by atoms with Gasteiger partial charge in [-0.2, -0.15) is 0 Å². The number of carboxylic acid groups (broad SMARTS) is 1. The number of likely N-dealkylation sites (tertiary alicyclic amines) is 1. The highest BCUT2D eigenvalue weighted by Crippen LogP contribution is 2.27. The van der Waals surface area contributed by atoms with Crippen molar-refractivity contribution in [1.29, 1.82) is 0 Å². The molecule has 0 aromatic heterocycles. The van der Waals surface area contributed by atoms with Crippen LogP contribution in [0.3, 0.4) is 0 Å². The predicted octanol–water partition coefficient (Wildman–Crippen LogP) is 2.62. The second kappa shape index (κ2) is 7.55. The number of para-hydroxylation sites is 1. The van der Waals surface area contributed by atoms with Crippen LogP contribution in [0, 0.1) is 5.92 Å². The van der Waals surface area contributed by atoms with E-state index in [1.807, 2.05) is 24.3 Å². The Hall–Kier alpha value is -2.24. The van der Waals surface area contributed by atoms with E-state index in [0.717, 1.165) is 24.2 Å². The Kier molecular flexibility index (Phi) is 5.23. The number of piperidine rings is 1. The van der Waals surface area contributed by atoms with E-state index in [1.54, 1.807) is 4.90 Å². The lowest BCUT2D eigenvalue weighted by molar-refractivity contribution is -0.143. The molecule has 2 fully saturated rings. The maximum atomic E-state index is 12.3. The number of carbonyl (C=O) groups excluding carboxylic acids is 1. The summed E-state index contributed by atoms with van der Waals surface area (Å²) < 4.78 is 5.97. The Bertz CT molecular complexity index is 592. The highest BCUT2D eigenvalue weighted by Gasteiger charge is 2.27. The zero-order valence-electron chi connectivity index (χ0n) is 13.7. The first-order valence-electron chi connectivity index (χ1n) is 8.63. The molecule has 1 aliphatic carbocycles. The molecule has 1 saturated carbocycles. The number of amides is 2. The van der Waals surface area contributed by atoms with E-state index in [2.05, 4.69) is 5.32 Å². The minimum absolute atomic E-state index is 0.141. The quantitative estimate of drug-likeness (QED) is 0.869. The molecule has 1 heterocycles. The number of nitrogens with zero attached hydrogens (tertiary/aromatic N) is 1. The van der Waals surface area contributed by atoms with Crippen LogP contribution in [-0.2, 0) is 11.3 Å². The van der Waals surface area contributed by atoms with Gasteiger partial charge in [0.15, 0.2) is 0 Å². The third-order valence-electron chi connectivity index (χ3n) is 4.88. The van der Waals surface area contributed by atoms with E-state index >= 15 is 0 Å². The first-order valence-corrected chi connectivity index (χ1v) is 8.63. The number of carbonyl (C=O) groups is 2. The van der Waals surface area contributed by atoms with Crippen LogP contribution in [0.1, 0.15) is 37.7 Å². The number of urea groups is 1. The van der Waals surface area contributed by atoms with Gasteiger partial charge in [0.05, 0.1) is 12.0 Å². The Balaban J connectivity index is 1.50. The highest BCUT2D eigenvalue weighted by molar-refractivity contribution is 5.75. The summed E-state index contributed by atoms with van der Waals surface area (Å²) in [5, 5.41) is 11.9. The third-order valence-corrected chi connectivity index (χ3v) is 4.88. The number of rotatable bonds is 5. The van der Waals surface area contributed by atoms with E-state index in [-0.39, 0.29) is 11.9 Å². The normalized spacial score (nSPS) is 18.8. The first-order chi connectivity index (χ1) is 11.6. The van der Waals surface area contributed by atoms with Gasteiger partial charge in [0.2, 0.25) is 0 Å². The summed E-state index contributed by atoms with van der Waals surface area (Å²) in [5.41, 5.74) is 0.971. The van der Waals surface area contributed by atoms with Crippen molar-refractivity contribution >= 4 is 12.0 Å². The van der Waals surface area contributed by atoms with Crippen LogP contribution in [0.5, 0.6) is 5.75 Å². The van der Waals surface area contributed by atoms with E-state index in [4.69, 9.17) is 9.84 Å². The van der Waals surface area contributed by atoms with Gasteiger partial charge in [-0.3, -0.25) is 4.79 Å². The van der Waals surface area contributed by atoms with Crippen LogP contribution < -0.4 is 10.1 Å². The average molecular weight is 332 g/mol. The molecule has 1 saturated heterocycles. The molecule has 2 aliphatic rings. The molecular weight excluding hydrogens is 308 g/mol. The minimum atomic E-state index is -0.767. The summed E-state index contributed by atoms with van der Waals surface area (Å²) in [6.45, 7) is 1.40. The number of aliphatic carboxylic acids is 1. The molecule has 2 N–H and O–H groups in total. The number of carboxylic acids is 1. The van der Waals surface area contributed by atoms with Crippen LogP contribution in [0.25, 0.3) is 0 Å². The number of nitrogens with one attached hydrogen (secondary N) is 1. The zero-order chi connectivity index (χ0) is 16.9. The third kappa shape index (κ3) is 3.99. The van der Waals surface area contributed by atoms with Crippen molar-refractivity contribution in [3.8, 4) is 5.75 Å². The zero-order valence-corrected chi connectivity index (χ0v) is 13.7.